The van der Waals surface area contributed by atoms with E-state index in [2.05, 4.69) is 12.2 Å². The number of benzene rings is 1. The Bertz CT molecular complexity index is 986. The summed E-state index contributed by atoms with van der Waals surface area (Å²) in [6, 6.07) is 4.17. The van der Waals surface area contributed by atoms with Crippen LogP contribution in [-0.4, -0.2) is 23.7 Å². The summed E-state index contributed by atoms with van der Waals surface area (Å²) in [5.41, 5.74) is 0.794. The Morgan fingerprint density at radius 2 is 1.87 bits per heavy atom. The molecule has 0 radical (unpaired) electrons. The van der Waals surface area contributed by atoms with Gasteiger partial charge in [-0.15, -0.1) is 0 Å². The van der Waals surface area contributed by atoms with Crippen molar-refractivity contribution < 1.29 is 23.5 Å². The van der Waals surface area contributed by atoms with Crippen molar-refractivity contribution >= 4 is 23.0 Å². The summed E-state index contributed by atoms with van der Waals surface area (Å²) in [6.07, 6.45) is 3.14. The second-order valence-corrected chi connectivity index (χ2v) is 8.67. The van der Waals surface area contributed by atoms with E-state index in [0.29, 0.717) is 29.7 Å². The molecule has 1 heterocycles. The Balaban J connectivity index is 2.28. The zero-order chi connectivity index (χ0) is 23.2. The first-order chi connectivity index (χ1) is 14.6. The van der Waals surface area contributed by atoms with E-state index in [0.717, 1.165) is 30.2 Å². The molecule has 0 spiro atoms. The minimum absolute atomic E-state index is 0.292. The van der Waals surface area contributed by atoms with Crippen LogP contribution in [0.2, 0.25) is 0 Å². The average Bonchev–Trinajstić information content (AvgIpc) is 2.66. The molecule has 1 atom stereocenters. The molecule has 2 aromatic rings. The molecule has 31 heavy (non-hydrogen) atoms. The molecule has 0 aliphatic heterocycles. The van der Waals surface area contributed by atoms with Crippen LogP contribution in [0, 0.1) is 6.92 Å². The maximum atomic E-state index is 12.8. The number of nitrogens with one attached hydrogen (secondary N) is 1. The summed E-state index contributed by atoms with van der Waals surface area (Å²) in [5, 5.41) is 3.42. The summed E-state index contributed by atoms with van der Waals surface area (Å²) < 4.78 is 16.3. The Morgan fingerprint density at radius 3 is 2.48 bits per heavy atom. The van der Waals surface area contributed by atoms with Crippen molar-refractivity contribution in [3.05, 3.63) is 39.7 Å². The highest BCUT2D eigenvalue weighted by Gasteiger charge is 2.26. The van der Waals surface area contributed by atoms with Gasteiger partial charge in [0.05, 0.1) is 0 Å². The lowest BCUT2D eigenvalue weighted by molar-refractivity contribution is -0.137. The van der Waals surface area contributed by atoms with Crippen LogP contribution in [0.15, 0.2) is 27.4 Å². The number of hydrogen-bond acceptors (Lipinski definition) is 6. The standard InChI is InChI=1S/C24H33NO6/c1-7-9-11-16-14-20(26)30-21-15(3)19(13-12-17(16)21)29-22(27)18(10-8-2)25-23(28)31-24(4,5)6/h12-14,18H,7-11H2,1-6H3,(H,25,28)/t18-/m1/s1. The molecule has 0 bridgehead atoms. The summed E-state index contributed by atoms with van der Waals surface area (Å²) in [4.78, 5) is 36.9. The van der Waals surface area contributed by atoms with Crippen LogP contribution < -0.4 is 15.7 Å². The normalized spacial score (nSPS) is 12.5. The number of hydrogen-bond donors (Lipinski definition) is 1. The fourth-order valence-corrected chi connectivity index (χ4v) is 3.26. The molecule has 1 aromatic heterocycles. The van der Waals surface area contributed by atoms with Crippen LogP contribution in [0.4, 0.5) is 4.79 Å². The summed E-state index contributed by atoms with van der Waals surface area (Å²) in [5.74, 6) is -0.306. The van der Waals surface area contributed by atoms with Crippen LogP contribution >= 0.6 is 0 Å². The fourth-order valence-electron chi connectivity index (χ4n) is 3.26. The summed E-state index contributed by atoms with van der Waals surface area (Å²) in [7, 11) is 0. The zero-order valence-corrected chi connectivity index (χ0v) is 19.3. The molecule has 1 N–H and O–H groups in total. The number of esters is 1. The number of ether oxygens (including phenoxy) is 2. The van der Waals surface area contributed by atoms with E-state index < -0.39 is 29.3 Å². The molecule has 0 unspecified atom stereocenters. The lowest BCUT2D eigenvalue weighted by Crippen LogP contribution is -2.45. The first-order valence-corrected chi connectivity index (χ1v) is 10.8. The second-order valence-electron chi connectivity index (χ2n) is 8.67. The minimum atomic E-state index is -0.849. The van der Waals surface area contributed by atoms with Crippen LogP contribution in [-0.2, 0) is 16.0 Å². The third kappa shape index (κ3) is 6.84. The van der Waals surface area contributed by atoms with Crippen molar-refractivity contribution in [1.29, 1.82) is 0 Å². The average molecular weight is 432 g/mol. The number of aryl methyl sites for hydroxylation is 2. The predicted molar refractivity (Wildman–Crippen MR) is 120 cm³/mol. The van der Waals surface area contributed by atoms with Crippen molar-refractivity contribution in [3.63, 3.8) is 0 Å². The van der Waals surface area contributed by atoms with E-state index in [4.69, 9.17) is 13.9 Å². The highest BCUT2D eigenvalue weighted by Crippen LogP contribution is 2.29. The van der Waals surface area contributed by atoms with Gasteiger partial charge in [0.2, 0.25) is 0 Å². The number of amides is 1. The van der Waals surface area contributed by atoms with E-state index in [1.54, 1.807) is 39.8 Å². The predicted octanol–water partition coefficient (Wildman–Crippen LogP) is 5.04. The zero-order valence-electron chi connectivity index (χ0n) is 19.3. The molecule has 170 valence electrons. The first kappa shape index (κ1) is 24.4. The topological polar surface area (TPSA) is 94.8 Å². The maximum absolute atomic E-state index is 12.8. The molecule has 0 fully saturated rings. The van der Waals surface area contributed by atoms with Gasteiger partial charge in [0.15, 0.2) is 0 Å². The fraction of sp³-hybridized carbons (Fsp3) is 0.542. The van der Waals surface area contributed by atoms with E-state index in [-0.39, 0.29) is 0 Å². The lowest BCUT2D eigenvalue weighted by Gasteiger charge is -2.23. The molecular weight excluding hydrogens is 398 g/mol. The minimum Gasteiger partial charge on any atom is -0.444 e. The van der Waals surface area contributed by atoms with Gasteiger partial charge in [-0.3, -0.25) is 0 Å². The Labute approximate surface area is 183 Å². The van der Waals surface area contributed by atoms with Crippen molar-refractivity contribution in [2.45, 2.75) is 85.3 Å². The maximum Gasteiger partial charge on any atom is 0.408 e. The number of rotatable bonds is 8. The van der Waals surface area contributed by atoms with Crippen molar-refractivity contribution in [2.75, 3.05) is 0 Å². The molecule has 0 saturated carbocycles. The Hall–Kier alpha value is -2.83. The second kappa shape index (κ2) is 10.5. The summed E-state index contributed by atoms with van der Waals surface area (Å²) >= 11 is 0. The van der Waals surface area contributed by atoms with E-state index in [1.165, 1.54) is 6.07 Å². The van der Waals surface area contributed by atoms with E-state index >= 15 is 0 Å². The van der Waals surface area contributed by atoms with Gasteiger partial charge in [-0.05, 0) is 64.7 Å². The molecule has 0 aliphatic carbocycles. The Morgan fingerprint density at radius 1 is 1.16 bits per heavy atom. The highest BCUT2D eigenvalue weighted by molar-refractivity contribution is 5.87. The molecule has 0 aliphatic rings. The summed E-state index contributed by atoms with van der Waals surface area (Å²) in [6.45, 7) is 11.0. The number of carbonyl (C=O) groups excluding carboxylic acids is 2. The molecule has 1 amide bonds. The van der Waals surface area contributed by atoms with E-state index in [9.17, 15) is 14.4 Å². The number of carbonyl (C=O) groups is 2. The van der Waals surface area contributed by atoms with Crippen molar-refractivity contribution in [3.8, 4) is 5.75 Å². The molecule has 1 aromatic carbocycles. The molecule has 2 rings (SSSR count). The van der Waals surface area contributed by atoms with Gasteiger partial charge in [0.1, 0.15) is 23.0 Å². The van der Waals surface area contributed by atoms with Crippen molar-refractivity contribution in [1.82, 2.24) is 5.32 Å². The van der Waals surface area contributed by atoms with Gasteiger partial charge in [0.25, 0.3) is 0 Å². The van der Waals surface area contributed by atoms with Gasteiger partial charge < -0.3 is 19.2 Å². The third-order valence-corrected chi connectivity index (χ3v) is 4.76. The van der Waals surface area contributed by atoms with Gasteiger partial charge in [0, 0.05) is 17.0 Å². The SMILES string of the molecule is CCCCc1cc(=O)oc2c(C)c(OC(=O)[C@@H](CCC)NC(=O)OC(C)(C)C)ccc12. The first-order valence-electron chi connectivity index (χ1n) is 10.8. The molecule has 7 nitrogen and oxygen atoms in total. The highest BCUT2D eigenvalue weighted by atomic mass is 16.6. The largest absolute Gasteiger partial charge is 0.444 e. The third-order valence-electron chi connectivity index (χ3n) is 4.76. The van der Waals surface area contributed by atoms with Gasteiger partial charge in [-0.2, -0.15) is 0 Å². The number of unbranched alkanes of at least 4 members (excludes halogenated alkanes) is 1. The Kier molecular flexibility index (Phi) is 8.25. The van der Waals surface area contributed by atoms with Gasteiger partial charge in [-0.25, -0.2) is 14.4 Å². The smallest absolute Gasteiger partial charge is 0.408 e. The molecule has 0 saturated heterocycles. The van der Waals surface area contributed by atoms with Gasteiger partial charge in [-0.1, -0.05) is 26.7 Å². The quantitative estimate of drug-likeness (QED) is 0.357. The number of alkyl carbamates (subject to hydrolysis) is 1. The van der Waals surface area contributed by atoms with Gasteiger partial charge >= 0.3 is 17.7 Å². The molecular formula is C24H33NO6. The van der Waals surface area contributed by atoms with E-state index in [1.807, 2.05) is 6.92 Å². The van der Waals surface area contributed by atoms with Crippen LogP contribution in [0.25, 0.3) is 11.0 Å². The molecule has 7 heteroatoms. The van der Waals surface area contributed by atoms with Crippen LogP contribution in [0.5, 0.6) is 5.75 Å². The lowest BCUT2D eigenvalue weighted by atomic mass is 10.0. The van der Waals surface area contributed by atoms with Crippen LogP contribution in [0.3, 0.4) is 0 Å². The number of fused-ring (bicyclic) bond motifs is 1. The van der Waals surface area contributed by atoms with Crippen LogP contribution in [0.1, 0.15) is 71.4 Å². The monoisotopic (exact) mass is 431 g/mol. The van der Waals surface area contributed by atoms with Crippen molar-refractivity contribution in [2.24, 2.45) is 0 Å².